The normalized spacial score (nSPS) is 15.2. The second-order valence-electron chi connectivity index (χ2n) is 15.9. The number of Topliss-reactive ketones (excluding diaryl/α,β-unsaturated/α-hetero) is 1. The average Bonchev–Trinajstić information content (AvgIpc) is 3.80. The Kier molecular flexibility index (Phi) is 14.6. The van der Waals surface area contributed by atoms with Crippen LogP contribution in [0.3, 0.4) is 0 Å². The van der Waals surface area contributed by atoms with Crippen LogP contribution in [-0.4, -0.2) is 22.9 Å². The Hall–Kier alpha value is -6.26. The molecule has 8 rings (SSSR count). The van der Waals surface area contributed by atoms with Crippen molar-refractivity contribution in [2.24, 2.45) is 0 Å². The standard InChI is InChI=1S/C24BF20.C23H25OS/c26-5-1(6(27)14(35)21(42)13(5)34)25(2-7(28)15(36)22(43)16(37)8(2)29,3-9(30)17(38)23(44)18(39)10(3)31)4-11(32)19(40)24(45)20(41)12(4)33;24-22(19-10-3-1-4-11-19)17-25(20-12-5-2-6-13-20)23-16-15-18-9-7-8-14-21(18)23/h;1,3-4,7-11,14-16,20,23H,2,5-6,12-13,17H2/q-1;+1. The van der Waals surface area contributed by atoms with E-state index in [0.29, 0.717) is 22.0 Å². The van der Waals surface area contributed by atoms with Gasteiger partial charge in [0.2, 0.25) is 5.78 Å². The number of carbonyl (C=O) groups excluding carboxylic acids is 1. The van der Waals surface area contributed by atoms with E-state index in [1.807, 2.05) is 30.3 Å². The largest absolute Gasteiger partial charge is 0.289 e. The van der Waals surface area contributed by atoms with Gasteiger partial charge in [-0.3, -0.25) is 4.79 Å². The molecule has 6 aromatic carbocycles. The first-order valence-corrected chi connectivity index (χ1v) is 21.8. The number of benzene rings is 6. The minimum absolute atomic E-state index is 0.0855. The summed E-state index contributed by atoms with van der Waals surface area (Å²) >= 11 is 0. The fraction of sp³-hybridized carbons (Fsp3) is 0.170. The number of hydrogen-bond donors (Lipinski definition) is 0. The molecule has 6 aromatic rings. The third-order valence-electron chi connectivity index (χ3n) is 12.2. The average molecular weight is 1030 g/mol. The van der Waals surface area contributed by atoms with Crippen LogP contribution in [0.5, 0.6) is 0 Å². The van der Waals surface area contributed by atoms with E-state index >= 15 is 35.1 Å². The van der Waals surface area contributed by atoms with Gasteiger partial charge >= 0.3 is 0 Å². The summed E-state index contributed by atoms with van der Waals surface area (Å²) in [6, 6.07) is 18.6. The minimum atomic E-state index is -7.22. The Morgan fingerprint density at radius 1 is 0.414 bits per heavy atom. The number of halogens is 20. The predicted octanol–water partition coefficient (Wildman–Crippen LogP) is 11.4. The molecule has 1 saturated carbocycles. The third kappa shape index (κ3) is 8.29. The summed E-state index contributed by atoms with van der Waals surface area (Å²) in [4.78, 5) is 12.9. The molecule has 1 fully saturated rings. The van der Waals surface area contributed by atoms with E-state index in [9.17, 15) is 57.5 Å². The van der Waals surface area contributed by atoms with Gasteiger partial charge in [-0.25, -0.2) is 87.8 Å². The summed E-state index contributed by atoms with van der Waals surface area (Å²) < 4.78 is 294. The predicted molar refractivity (Wildman–Crippen MR) is 217 cm³/mol. The molecule has 0 spiro atoms. The number of fused-ring (bicyclic) bond motifs is 1. The Bertz CT molecular complexity index is 2720. The molecule has 70 heavy (non-hydrogen) atoms. The van der Waals surface area contributed by atoms with Crippen LogP contribution < -0.4 is 21.9 Å². The van der Waals surface area contributed by atoms with Crippen molar-refractivity contribution in [3.8, 4) is 0 Å². The van der Waals surface area contributed by atoms with E-state index in [1.165, 1.54) is 43.2 Å². The maximum absolute atomic E-state index is 15.4. The lowest BCUT2D eigenvalue weighted by atomic mass is 9.12. The summed E-state index contributed by atoms with van der Waals surface area (Å²) in [6.45, 7) is 0. The van der Waals surface area contributed by atoms with Crippen molar-refractivity contribution in [1.29, 1.82) is 0 Å². The second kappa shape index (κ2) is 19.9. The highest BCUT2D eigenvalue weighted by Crippen LogP contribution is 2.41. The van der Waals surface area contributed by atoms with Gasteiger partial charge in [-0.2, -0.15) is 0 Å². The molecular weight excluding hydrogens is 1000 g/mol. The van der Waals surface area contributed by atoms with Crippen LogP contribution in [0.15, 0.2) is 60.7 Å². The van der Waals surface area contributed by atoms with Gasteiger partial charge in [0, 0.05) is 22.0 Å². The summed E-state index contributed by atoms with van der Waals surface area (Å²) in [5.41, 5.74) is -10.7. The Morgan fingerprint density at radius 3 is 1.09 bits per heavy atom. The topological polar surface area (TPSA) is 17.1 Å². The van der Waals surface area contributed by atoms with Gasteiger partial charge in [-0.1, -0.05) is 67.1 Å². The number of rotatable bonds is 9. The quantitative estimate of drug-likeness (QED) is 0.0352. The van der Waals surface area contributed by atoms with Crippen molar-refractivity contribution in [2.45, 2.75) is 42.6 Å². The number of carbonyl (C=O) groups is 1. The van der Waals surface area contributed by atoms with E-state index in [2.05, 4.69) is 36.4 Å². The first-order chi connectivity index (χ1) is 33.0. The Morgan fingerprint density at radius 2 is 0.729 bits per heavy atom. The van der Waals surface area contributed by atoms with Crippen LogP contribution in [0, 0.1) is 116 Å². The van der Waals surface area contributed by atoms with Crippen LogP contribution in [-0.2, 0) is 10.9 Å². The SMILES string of the molecule is Fc1c(F)c(F)c([B-](c2c(F)c(F)c(F)c(F)c2F)(c2c(F)c(F)c(F)c(F)c2F)c2c(F)c(F)c(F)c(F)c2F)c(F)c1F.O=C(C[S+](C1CCCCC1)C1C=Cc2ccccc21)c1ccccc1. The maximum Gasteiger partial charge on any atom is 0.211 e. The molecule has 0 saturated heterocycles. The zero-order valence-electron chi connectivity index (χ0n) is 34.7. The molecule has 2 unspecified atom stereocenters. The van der Waals surface area contributed by atoms with Crippen LogP contribution in [0.25, 0.3) is 6.08 Å². The molecule has 0 aromatic heterocycles. The molecule has 1 nitrogen and oxygen atoms in total. The van der Waals surface area contributed by atoms with Crippen LogP contribution in [0.2, 0.25) is 0 Å². The lowest BCUT2D eigenvalue weighted by Gasteiger charge is -2.44. The van der Waals surface area contributed by atoms with Crippen molar-refractivity contribution < 1.29 is 92.6 Å². The van der Waals surface area contributed by atoms with Gasteiger partial charge in [0.05, 0.1) is 0 Å². The Balaban J connectivity index is 0.000000242. The van der Waals surface area contributed by atoms with Crippen LogP contribution >= 0.6 is 0 Å². The van der Waals surface area contributed by atoms with Gasteiger partial charge in [-0.15, -0.1) is 21.9 Å². The van der Waals surface area contributed by atoms with Crippen molar-refractivity contribution in [1.82, 2.24) is 0 Å². The van der Waals surface area contributed by atoms with Crippen LogP contribution in [0.4, 0.5) is 87.8 Å². The maximum atomic E-state index is 15.4. The van der Waals surface area contributed by atoms with Crippen molar-refractivity contribution >= 4 is 50.8 Å². The van der Waals surface area contributed by atoms with Gasteiger partial charge in [0.15, 0.2) is 80.8 Å². The minimum Gasteiger partial charge on any atom is -0.289 e. The van der Waals surface area contributed by atoms with E-state index in [1.54, 1.807) is 0 Å². The van der Waals surface area contributed by atoms with E-state index < -0.39 is 144 Å². The van der Waals surface area contributed by atoms with E-state index in [4.69, 9.17) is 0 Å². The molecule has 0 radical (unpaired) electrons. The zero-order chi connectivity index (χ0) is 51.4. The molecule has 2 atom stereocenters. The summed E-state index contributed by atoms with van der Waals surface area (Å²) in [6.07, 6.45) is 3.99. The molecule has 0 aliphatic heterocycles. The zero-order valence-corrected chi connectivity index (χ0v) is 35.5. The summed E-state index contributed by atoms with van der Waals surface area (Å²) in [7, 11) is 0.0855. The summed E-state index contributed by atoms with van der Waals surface area (Å²) in [5.74, 6) is -70.4. The Labute approximate surface area is 384 Å². The monoisotopic (exact) mass is 1030 g/mol. The van der Waals surface area contributed by atoms with Crippen molar-refractivity contribution in [3.05, 3.63) is 194 Å². The summed E-state index contributed by atoms with van der Waals surface area (Å²) in [5, 5.41) is 1.12. The van der Waals surface area contributed by atoms with E-state index in [-0.39, 0.29) is 10.9 Å². The lowest BCUT2D eigenvalue weighted by Crippen LogP contribution is -2.81. The van der Waals surface area contributed by atoms with E-state index in [0.717, 1.165) is 5.56 Å². The van der Waals surface area contributed by atoms with Crippen molar-refractivity contribution in [2.75, 3.05) is 5.75 Å². The van der Waals surface area contributed by atoms with Gasteiger partial charge in [0.25, 0.3) is 0 Å². The highest BCUT2D eigenvalue weighted by atomic mass is 32.2. The number of hydrogen-bond acceptors (Lipinski definition) is 1. The molecule has 0 amide bonds. The number of ketones is 1. The fourth-order valence-corrected chi connectivity index (χ4v) is 12.1. The van der Waals surface area contributed by atoms with Crippen molar-refractivity contribution in [3.63, 3.8) is 0 Å². The highest BCUT2D eigenvalue weighted by molar-refractivity contribution is 7.98. The molecule has 23 heteroatoms. The van der Waals surface area contributed by atoms with Crippen LogP contribution in [0.1, 0.15) is 58.8 Å². The lowest BCUT2D eigenvalue weighted by molar-refractivity contribution is 0.102. The first-order valence-electron chi connectivity index (χ1n) is 20.3. The molecular formula is C47H25BF20OS. The smallest absolute Gasteiger partial charge is 0.211 e. The highest BCUT2D eigenvalue weighted by Gasteiger charge is 2.52. The first kappa shape index (κ1) is 51.6. The molecule has 0 heterocycles. The third-order valence-corrected chi connectivity index (χ3v) is 15.1. The molecule has 368 valence electrons. The van der Waals surface area contributed by atoms with Gasteiger partial charge in [0.1, 0.15) is 57.9 Å². The molecule has 0 bridgehead atoms. The molecule has 2 aliphatic rings. The van der Waals surface area contributed by atoms with Gasteiger partial charge < -0.3 is 0 Å². The van der Waals surface area contributed by atoms with Gasteiger partial charge in [-0.05, 0) is 37.3 Å². The second-order valence-corrected chi connectivity index (χ2v) is 18.3. The fourth-order valence-electron chi connectivity index (χ4n) is 9.00. The molecule has 2 aliphatic carbocycles. The molecule has 0 N–H and O–H groups in total.